The van der Waals surface area contributed by atoms with Crippen LogP contribution in [-0.4, -0.2) is 22.2 Å². The van der Waals surface area contributed by atoms with Crippen molar-refractivity contribution in [2.75, 3.05) is 0 Å². The Balaban J connectivity index is 1.70. The molecule has 0 bridgehead atoms. The predicted octanol–water partition coefficient (Wildman–Crippen LogP) is 7.24. The zero-order valence-corrected chi connectivity index (χ0v) is 21.0. The smallest absolute Gasteiger partial charge is 0.335 e. The lowest BCUT2D eigenvalue weighted by Gasteiger charge is -2.14. The van der Waals surface area contributed by atoms with Crippen LogP contribution in [0.5, 0.6) is 5.75 Å². The van der Waals surface area contributed by atoms with Crippen molar-refractivity contribution in [2.45, 2.75) is 38.7 Å². The van der Waals surface area contributed by atoms with E-state index >= 15 is 0 Å². The van der Waals surface area contributed by atoms with Gasteiger partial charge in [0.1, 0.15) is 12.4 Å². The highest BCUT2D eigenvalue weighted by atomic mass is 79.9. The molecule has 1 unspecified atom stereocenters. The molecule has 0 aliphatic heterocycles. The molecule has 0 saturated carbocycles. The molecule has 182 valence electrons. The average Bonchev–Trinajstić information content (AvgIpc) is 2.85. The van der Waals surface area contributed by atoms with Gasteiger partial charge in [0.25, 0.3) is 0 Å². The summed E-state index contributed by atoms with van der Waals surface area (Å²) in [5.41, 5.74) is 3.36. The Hall–Kier alpha value is -3.38. The number of benzene rings is 3. The highest BCUT2D eigenvalue weighted by molar-refractivity contribution is 9.10. The van der Waals surface area contributed by atoms with Crippen LogP contribution in [0.4, 0.5) is 0 Å². The molecule has 0 aliphatic carbocycles. The third-order valence-electron chi connectivity index (χ3n) is 5.69. The molecule has 6 heteroatoms. The van der Waals surface area contributed by atoms with Crippen LogP contribution < -0.4 is 4.74 Å². The van der Waals surface area contributed by atoms with Gasteiger partial charge in [0.2, 0.25) is 0 Å². The van der Waals surface area contributed by atoms with Crippen molar-refractivity contribution in [1.29, 1.82) is 0 Å². The van der Waals surface area contributed by atoms with E-state index in [0.717, 1.165) is 46.2 Å². The maximum atomic E-state index is 11.1. The van der Waals surface area contributed by atoms with E-state index in [4.69, 9.17) is 14.9 Å². The van der Waals surface area contributed by atoms with E-state index in [1.165, 1.54) is 0 Å². The van der Waals surface area contributed by atoms with Gasteiger partial charge in [-0.1, -0.05) is 77.0 Å². The highest BCUT2D eigenvalue weighted by Gasteiger charge is 2.10. The van der Waals surface area contributed by atoms with Gasteiger partial charge in [0, 0.05) is 16.5 Å². The van der Waals surface area contributed by atoms with Crippen LogP contribution in [0, 0.1) is 5.92 Å². The molecule has 5 nitrogen and oxygen atoms in total. The lowest BCUT2D eigenvalue weighted by Crippen LogP contribution is -2.04. The molecule has 35 heavy (non-hydrogen) atoms. The Kier molecular flexibility index (Phi) is 10.1. The van der Waals surface area contributed by atoms with Gasteiger partial charge in [0.15, 0.2) is 0 Å². The number of halogens is 1. The second-order valence-electron chi connectivity index (χ2n) is 8.42. The molecule has 0 aliphatic rings. The van der Waals surface area contributed by atoms with Gasteiger partial charge < -0.3 is 14.9 Å². The molecule has 0 heterocycles. The monoisotopic (exact) mass is 536 g/mol. The van der Waals surface area contributed by atoms with Crippen LogP contribution in [0.25, 0.3) is 6.08 Å². The van der Waals surface area contributed by atoms with Crippen LogP contribution in [0.1, 0.15) is 52.7 Å². The quantitative estimate of drug-likeness (QED) is 0.225. The first kappa shape index (κ1) is 26.2. The number of allylic oxidation sites excluding steroid dienone is 1. The van der Waals surface area contributed by atoms with Crippen LogP contribution in [0.2, 0.25) is 0 Å². The first-order valence-electron chi connectivity index (χ1n) is 11.6. The van der Waals surface area contributed by atoms with Crippen molar-refractivity contribution in [1.82, 2.24) is 0 Å². The van der Waals surface area contributed by atoms with Gasteiger partial charge in [-0.05, 0) is 66.6 Å². The lowest BCUT2D eigenvalue weighted by atomic mass is 9.92. The Labute approximate surface area is 214 Å². The number of unbranched alkanes of at least 4 members (excludes halogenated alkanes) is 1. The maximum absolute atomic E-state index is 11.1. The van der Waals surface area contributed by atoms with Gasteiger partial charge >= 0.3 is 11.9 Å². The number of ether oxygens (including phenoxy) is 1. The molecular weight excluding hydrogens is 508 g/mol. The SMILES string of the molecule is O=C(O)CCCCC(C=Cc1ccccc1OCc1ccc(Br)cc1)Cc1ccc(C(=O)O)cc1. The lowest BCUT2D eigenvalue weighted by molar-refractivity contribution is -0.137. The molecule has 3 rings (SSSR count). The second-order valence-corrected chi connectivity index (χ2v) is 9.33. The fourth-order valence-electron chi connectivity index (χ4n) is 3.77. The second kappa shape index (κ2) is 13.5. The molecule has 3 aromatic carbocycles. The molecule has 0 saturated heterocycles. The number of carboxylic acid groups (broad SMARTS) is 2. The summed E-state index contributed by atoms with van der Waals surface area (Å²) in [6, 6.07) is 22.8. The normalized spacial score (nSPS) is 11.9. The van der Waals surface area contributed by atoms with Crippen molar-refractivity contribution in [3.05, 3.63) is 106 Å². The number of rotatable bonds is 13. The Morgan fingerprint density at radius 1 is 0.886 bits per heavy atom. The van der Waals surface area contributed by atoms with Gasteiger partial charge in [-0.3, -0.25) is 4.79 Å². The van der Waals surface area contributed by atoms with E-state index in [1.807, 2.05) is 60.7 Å². The number of carboxylic acids is 2. The van der Waals surface area contributed by atoms with Crippen LogP contribution in [0.3, 0.4) is 0 Å². The van der Waals surface area contributed by atoms with E-state index in [2.05, 4.69) is 28.1 Å². The van der Waals surface area contributed by atoms with Crippen molar-refractivity contribution in [3.63, 3.8) is 0 Å². The number of hydrogen-bond donors (Lipinski definition) is 2. The van der Waals surface area contributed by atoms with Gasteiger partial charge in [-0.25, -0.2) is 4.79 Å². The first-order valence-corrected chi connectivity index (χ1v) is 12.4. The average molecular weight is 537 g/mol. The predicted molar refractivity (Wildman–Crippen MR) is 141 cm³/mol. The van der Waals surface area contributed by atoms with Crippen molar-refractivity contribution >= 4 is 33.9 Å². The van der Waals surface area contributed by atoms with Crippen LogP contribution >= 0.6 is 15.9 Å². The van der Waals surface area contributed by atoms with Crippen molar-refractivity contribution in [3.8, 4) is 5.75 Å². The summed E-state index contributed by atoms with van der Waals surface area (Å²) in [6.45, 7) is 0.465. The number of hydrogen-bond acceptors (Lipinski definition) is 3. The zero-order chi connectivity index (χ0) is 25.0. The fourth-order valence-corrected chi connectivity index (χ4v) is 4.03. The Bertz CT molecular complexity index is 1140. The molecule has 0 aromatic heterocycles. The number of aliphatic carboxylic acids is 1. The molecule has 0 spiro atoms. The molecular formula is C29H29BrO5. The summed E-state index contributed by atoms with van der Waals surface area (Å²) in [6.07, 6.45) is 7.38. The van der Waals surface area contributed by atoms with E-state index in [1.54, 1.807) is 12.1 Å². The summed E-state index contributed by atoms with van der Waals surface area (Å²) in [5.74, 6) is -0.749. The molecule has 0 radical (unpaired) electrons. The Morgan fingerprint density at radius 3 is 2.26 bits per heavy atom. The number of aromatic carboxylic acids is 1. The van der Waals surface area contributed by atoms with Crippen LogP contribution in [0.15, 0.2) is 83.3 Å². The minimum absolute atomic E-state index is 0.163. The standard InChI is InChI=1S/C29H29BrO5/c30-26-17-12-23(13-18-26)20-35-27-7-3-2-6-24(27)14-9-21(5-1-4-8-28(31)32)19-22-10-15-25(16-11-22)29(33)34/h2-3,6-7,9-18,21H,1,4-5,8,19-20H2,(H,31,32)(H,33,34). The molecule has 0 fully saturated rings. The highest BCUT2D eigenvalue weighted by Crippen LogP contribution is 2.24. The third-order valence-corrected chi connectivity index (χ3v) is 6.22. The number of para-hydroxylation sites is 1. The summed E-state index contributed by atoms with van der Waals surface area (Å²) < 4.78 is 7.11. The number of carbonyl (C=O) groups is 2. The third kappa shape index (κ3) is 9.06. The minimum atomic E-state index is -0.943. The van der Waals surface area contributed by atoms with Gasteiger partial charge in [0.05, 0.1) is 5.56 Å². The fraction of sp³-hybridized carbons (Fsp3) is 0.241. The maximum Gasteiger partial charge on any atom is 0.335 e. The topological polar surface area (TPSA) is 83.8 Å². The Morgan fingerprint density at radius 2 is 1.57 bits per heavy atom. The molecule has 0 amide bonds. The van der Waals surface area contributed by atoms with Crippen molar-refractivity contribution < 1.29 is 24.5 Å². The summed E-state index contributed by atoms with van der Waals surface area (Å²) in [5, 5.41) is 18.1. The van der Waals surface area contributed by atoms with Gasteiger partial charge in [-0.2, -0.15) is 0 Å². The largest absolute Gasteiger partial charge is 0.488 e. The van der Waals surface area contributed by atoms with E-state index in [-0.39, 0.29) is 17.9 Å². The minimum Gasteiger partial charge on any atom is -0.488 e. The van der Waals surface area contributed by atoms with Crippen molar-refractivity contribution in [2.24, 2.45) is 5.92 Å². The summed E-state index contributed by atoms with van der Waals surface area (Å²) >= 11 is 3.44. The molecule has 3 aromatic rings. The van der Waals surface area contributed by atoms with E-state index < -0.39 is 11.9 Å². The molecule has 1 atom stereocenters. The van der Waals surface area contributed by atoms with Crippen LogP contribution in [-0.2, 0) is 17.8 Å². The summed E-state index contributed by atoms with van der Waals surface area (Å²) in [4.78, 5) is 22.0. The first-order chi connectivity index (χ1) is 16.9. The zero-order valence-electron chi connectivity index (χ0n) is 19.4. The van der Waals surface area contributed by atoms with E-state index in [0.29, 0.717) is 13.0 Å². The summed E-state index contributed by atoms with van der Waals surface area (Å²) in [7, 11) is 0. The van der Waals surface area contributed by atoms with E-state index in [9.17, 15) is 9.59 Å². The van der Waals surface area contributed by atoms with Gasteiger partial charge in [-0.15, -0.1) is 0 Å². The molecule has 2 N–H and O–H groups in total.